The number of carboxylic acids is 1. The molecule has 0 atom stereocenters. The van der Waals surface area contributed by atoms with Crippen LogP contribution in [0, 0.1) is 0 Å². The van der Waals surface area contributed by atoms with Crippen molar-refractivity contribution in [2.45, 2.75) is 72.6 Å². The normalized spacial score (nSPS) is 11.8. The van der Waals surface area contributed by atoms with Crippen molar-refractivity contribution in [1.29, 1.82) is 0 Å². The van der Waals surface area contributed by atoms with E-state index in [1.54, 1.807) is 0 Å². The molecule has 0 bridgehead atoms. The summed E-state index contributed by atoms with van der Waals surface area (Å²) >= 11 is -2.54. The van der Waals surface area contributed by atoms with Gasteiger partial charge in [0.2, 0.25) is 0 Å². The molecule has 0 fully saturated rings. The number of carboxylic acid groups (broad SMARTS) is 1. The van der Waals surface area contributed by atoms with Crippen molar-refractivity contribution in [2.75, 3.05) is 0 Å². The van der Waals surface area contributed by atoms with E-state index >= 15 is 0 Å². The van der Waals surface area contributed by atoms with Crippen molar-refractivity contribution < 1.29 is 9.90 Å². The van der Waals surface area contributed by atoms with Gasteiger partial charge in [-0.1, -0.05) is 0 Å². The summed E-state index contributed by atoms with van der Waals surface area (Å²) in [5, 5.41) is 16.3. The number of carbonyl (C=O) groups is 1. The number of unbranched alkanes of at least 4 members (excludes halogenated alkanes) is 3. The molecule has 2 N–H and O–H groups in total. The van der Waals surface area contributed by atoms with E-state index < -0.39 is 24.3 Å². The Bertz CT molecular complexity index is 410. The molecule has 0 aliphatic carbocycles. The van der Waals surface area contributed by atoms with Crippen LogP contribution in [0.1, 0.15) is 69.8 Å². The first-order chi connectivity index (χ1) is 10.1. The van der Waals surface area contributed by atoms with E-state index in [0.717, 1.165) is 3.71 Å². The van der Waals surface area contributed by atoms with Crippen molar-refractivity contribution in [2.24, 2.45) is 0 Å². The van der Waals surface area contributed by atoms with E-state index in [1.165, 1.54) is 51.8 Å². The van der Waals surface area contributed by atoms with Gasteiger partial charge in [0, 0.05) is 0 Å². The molecule has 0 aliphatic heterocycles. The number of H-pyrrole nitrogens is 1. The molecule has 0 saturated heterocycles. The molecule has 1 aromatic heterocycles. The van der Waals surface area contributed by atoms with E-state index in [1.807, 2.05) is 6.07 Å². The van der Waals surface area contributed by atoms with Crippen LogP contribution >= 0.6 is 0 Å². The zero-order valence-electron chi connectivity index (χ0n) is 13.7. The van der Waals surface area contributed by atoms with Crippen LogP contribution < -0.4 is 3.71 Å². The molecule has 0 unspecified atom stereocenters. The summed E-state index contributed by atoms with van der Waals surface area (Å²) in [6.07, 6.45) is 7.43. The Labute approximate surface area is 132 Å². The van der Waals surface area contributed by atoms with Gasteiger partial charge >= 0.3 is 133 Å². The Morgan fingerprint density at radius 1 is 1.10 bits per heavy atom. The summed E-state index contributed by atoms with van der Waals surface area (Å²) in [7, 11) is 0. The molecule has 21 heavy (non-hydrogen) atoms. The number of aromatic carboxylic acids is 1. The average Bonchev–Trinajstić information content (AvgIpc) is 2.97. The van der Waals surface area contributed by atoms with Crippen molar-refractivity contribution in [3.63, 3.8) is 0 Å². The van der Waals surface area contributed by atoms with Crippen LogP contribution in [0.25, 0.3) is 0 Å². The maximum absolute atomic E-state index is 11.1. The summed E-state index contributed by atoms with van der Waals surface area (Å²) in [6, 6.07) is 1.85. The van der Waals surface area contributed by atoms with Gasteiger partial charge in [-0.25, -0.2) is 0 Å². The van der Waals surface area contributed by atoms with Crippen LogP contribution in [0.15, 0.2) is 6.07 Å². The minimum absolute atomic E-state index is 0.260. The number of hydrogen-bond donors (Lipinski definition) is 2. The zero-order valence-corrected chi connectivity index (χ0v) is 16.6. The van der Waals surface area contributed by atoms with Crippen LogP contribution in [-0.2, 0) is 0 Å². The van der Waals surface area contributed by atoms with Crippen LogP contribution in [0.5, 0.6) is 0 Å². The molecule has 0 saturated carbocycles. The van der Waals surface area contributed by atoms with Gasteiger partial charge in [0.15, 0.2) is 0 Å². The number of nitrogens with one attached hydrogen (secondary N) is 1. The van der Waals surface area contributed by atoms with Crippen LogP contribution in [0.2, 0.25) is 13.3 Å². The summed E-state index contributed by atoms with van der Waals surface area (Å²) in [5.74, 6) is -0.893. The fraction of sp³-hybridized carbons (Fsp3) is 0.750. The number of aromatic nitrogens is 2. The third kappa shape index (κ3) is 5.31. The van der Waals surface area contributed by atoms with E-state index in [-0.39, 0.29) is 5.69 Å². The van der Waals surface area contributed by atoms with Gasteiger partial charge in [-0.3, -0.25) is 0 Å². The second-order valence-corrected chi connectivity index (χ2v) is 19.1. The van der Waals surface area contributed by atoms with Gasteiger partial charge in [-0.2, -0.15) is 0 Å². The summed E-state index contributed by atoms with van der Waals surface area (Å²) in [5.41, 5.74) is 0.260. The number of rotatable bonds is 11. The molecule has 1 rings (SSSR count). The SMILES string of the molecule is CCC[CH2][Sn]([CH2]CCC)([CH2]CCC)[c]1cc(C(=O)O)[nH]n1. The fourth-order valence-corrected chi connectivity index (χ4v) is 18.3. The third-order valence-corrected chi connectivity index (χ3v) is 19.4. The van der Waals surface area contributed by atoms with Gasteiger partial charge in [-0.05, 0) is 0 Å². The molecular formula is C16H30N2O2Sn. The van der Waals surface area contributed by atoms with Crippen molar-refractivity contribution in [3.8, 4) is 0 Å². The van der Waals surface area contributed by atoms with Crippen molar-refractivity contribution in [1.82, 2.24) is 10.2 Å². The Hall–Kier alpha value is -0.521. The maximum atomic E-state index is 11.1. The predicted molar refractivity (Wildman–Crippen MR) is 90.1 cm³/mol. The molecule has 4 nitrogen and oxygen atoms in total. The van der Waals surface area contributed by atoms with Gasteiger partial charge in [0.05, 0.1) is 0 Å². The monoisotopic (exact) mass is 402 g/mol. The van der Waals surface area contributed by atoms with E-state index in [4.69, 9.17) is 5.11 Å². The molecule has 5 heteroatoms. The van der Waals surface area contributed by atoms with Gasteiger partial charge in [0.25, 0.3) is 0 Å². The summed E-state index contributed by atoms with van der Waals surface area (Å²) in [4.78, 5) is 11.1. The van der Waals surface area contributed by atoms with Crippen LogP contribution in [0.3, 0.4) is 0 Å². The van der Waals surface area contributed by atoms with Crippen molar-refractivity contribution in [3.05, 3.63) is 11.8 Å². The van der Waals surface area contributed by atoms with E-state index in [2.05, 4.69) is 31.0 Å². The van der Waals surface area contributed by atoms with E-state index in [9.17, 15) is 4.79 Å². The molecule has 120 valence electrons. The number of aromatic amines is 1. The molecule has 0 aliphatic rings. The average molecular weight is 401 g/mol. The number of nitrogens with zero attached hydrogens (tertiary/aromatic N) is 1. The quantitative estimate of drug-likeness (QED) is 0.548. The molecule has 0 radical (unpaired) electrons. The molecule has 0 aromatic carbocycles. The Morgan fingerprint density at radius 3 is 1.90 bits per heavy atom. The summed E-state index contributed by atoms with van der Waals surface area (Å²) < 4.78 is 5.11. The van der Waals surface area contributed by atoms with Crippen LogP contribution in [0.4, 0.5) is 0 Å². The topological polar surface area (TPSA) is 66.0 Å². The van der Waals surface area contributed by atoms with Gasteiger partial charge in [0.1, 0.15) is 0 Å². The standard InChI is InChI=1S/C4H3N2O2.3C4H9.Sn/c7-4(8)3-1-2-5-6-3;3*1-3-4-2;/h1H,(H,5,6)(H,7,8);3*1,3-4H2,2H3;. The number of hydrogen-bond acceptors (Lipinski definition) is 2. The predicted octanol–water partition coefficient (Wildman–Crippen LogP) is 4.16. The third-order valence-electron chi connectivity index (χ3n) is 4.38. The Balaban J connectivity index is 3.06. The second-order valence-electron chi connectivity index (χ2n) is 6.06. The second kappa shape index (κ2) is 9.49. The first kappa shape index (κ1) is 18.5. The molecule has 1 heterocycles. The summed E-state index contributed by atoms with van der Waals surface area (Å²) in [6.45, 7) is 6.72. The first-order valence-corrected chi connectivity index (χ1v) is 15.9. The van der Waals surface area contributed by atoms with E-state index in [0.29, 0.717) is 0 Å². The fourth-order valence-electron chi connectivity index (χ4n) is 3.01. The molecule has 0 spiro atoms. The zero-order chi connectivity index (χ0) is 15.7. The Morgan fingerprint density at radius 2 is 1.57 bits per heavy atom. The first-order valence-electron chi connectivity index (χ1n) is 8.38. The van der Waals surface area contributed by atoms with Gasteiger partial charge in [-0.15, -0.1) is 0 Å². The molecule has 1 aromatic rings. The molecule has 0 amide bonds. The Kier molecular flexibility index (Phi) is 8.37. The minimum atomic E-state index is -2.54. The van der Waals surface area contributed by atoms with Crippen LogP contribution in [-0.4, -0.2) is 39.7 Å². The van der Waals surface area contributed by atoms with Crippen molar-refractivity contribution >= 4 is 28.1 Å². The molecular weight excluding hydrogens is 371 g/mol. The van der Waals surface area contributed by atoms with Gasteiger partial charge < -0.3 is 0 Å².